The molecule has 0 spiro atoms. The first kappa shape index (κ1) is 14.7. The SMILES string of the molecule is CC1(c2[nH]c3ccccc3c2C2=C(Cl)C(=O)C=C(Cl)C2=O)CC1. The van der Waals surface area contributed by atoms with Crippen LogP contribution in [0.15, 0.2) is 40.4 Å². The number of benzene rings is 1. The number of ketones is 2. The molecule has 116 valence electrons. The standard InChI is InChI=1S/C18H13Cl2NO2/c1-18(6-7-18)17-13(9-4-2-3-5-11(9)21-17)14-15(20)12(22)8-10(19)16(14)23/h2-5,8,21H,6-7H2,1H3. The third kappa shape index (κ3) is 2.11. The first-order chi connectivity index (χ1) is 10.9. The van der Waals surface area contributed by atoms with Gasteiger partial charge in [-0.15, -0.1) is 0 Å². The lowest BCUT2D eigenvalue weighted by Gasteiger charge is -2.16. The van der Waals surface area contributed by atoms with Gasteiger partial charge in [0.05, 0.1) is 15.6 Å². The fourth-order valence-corrected chi connectivity index (χ4v) is 3.53. The Labute approximate surface area is 143 Å². The number of aromatic nitrogens is 1. The van der Waals surface area contributed by atoms with Crippen molar-refractivity contribution < 1.29 is 9.59 Å². The first-order valence-electron chi connectivity index (χ1n) is 7.40. The molecule has 1 saturated carbocycles. The van der Waals surface area contributed by atoms with Crippen molar-refractivity contribution in [3.8, 4) is 0 Å². The molecular formula is C18H13Cl2NO2. The third-order valence-corrected chi connectivity index (χ3v) is 5.35. The van der Waals surface area contributed by atoms with Crippen LogP contribution in [0.1, 0.15) is 31.0 Å². The number of allylic oxidation sites excluding steroid dienone is 4. The van der Waals surface area contributed by atoms with Gasteiger partial charge in [-0.2, -0.15) is 0 Å². The van der Waals surface area contributed by atoms with Crippen molar-refractivity contribution in [3.05, 3.63) is 51.7 Å². The van der Waals surface area contributed by atoms with Crippen LogP contribution in [0.5, 0.6) is 0 Å². The van der Waals surface area contributed by atoms with E-state index < -0.39 is 11.6 Å². The molecule has 3 nitrogen and oxygen atoms in total. The van der Waals surface area contributed by atoms with E-state index in [0.29, 0.717) is 0 Å². The Balaban J connectivity index is 2.07. The lowest BCUT2D eigenvalue weighted by atomic mass is 9.89. The van der Waals surface area contributed by atoms with Gasteiger partial charge in [-0.1, -0.05) is 48.3 Å². The molecule has 1 fully saturated rings. The number of fused-ring (bicyclic) bond motifs is 1. The van der Waals surface area contributed by atoms with E-state index in [1.165, 1.54) is 0 Å². The molecule has 0 saturated heterocycles. The Kier molecular flexibility index (Phi) is 3.09. The third-order valence-electron chi connectivity index (χ3n) is 4.70. The van der Waals surface area contributed by atoms with Gasteiger partial charge in [0, 0.05) is 33.7 Å². The molecule has 2 aliphatic carbocycles. The lowest BCUT2D eigenvalue weighted by Crippen LogP contribution is -2.16. The zero-order valence-electron chi connectivity index (χ0n) is 12.4. The number of rotatable bonds is 2. The van der Waals surface area contributed by atoms with E-state index in [-0.39, 0.29) is 21.1 Å². The summed E-state index contributed by atoms with van der Waals surface area (Å²) >= 11 is 12.2. The highest BCUT2D eigenvalue weighted by Crippen LogP contribution is 2.52. The summed E-state index contributed by atoms with van der Waals surface area (Å²) in [6.07, 6.45) is 3.15. The van der Waals surface area contributed by atoms with Crippen LogP contribution >= 0.6 is 23.2 Å². The zero-order chi connectivity index (χ0) is 16.4. The molecule has 1 aromatic carbocycles. The molecule has 5 heteroatoms. The lowest BCUT2D eigenvalue weighted by molar-refractivity contribution is -0.113. The largest absolute Gasteiger partial charge is 0.357 e. The van der Waals surface area contributed by atoms with E-state index >= 15 is 0 Å². The van der Waals surface area contributed by atoms with E-state index in [4.69, 9.17) is 23.2 Å². The smallest absolute Gasteiger partial charge is 0.206 e. The molecule has 0 aliphatic heterocycles. The van der Waals surface area contributed by atoms with Crippen molar-refractivity contribution in [1.29, 1.82) is 0 Å². The first-order valence-corrected chi connectivity index (χ1v) is 8.15. The molecule has 0 bridgehead atoms. The van der Waals surface area contributed by atoms with E-state index in [1.807, 2.05) is 24.3 Å². The summed E-state index contributed by atoms with van der Waals surface area (Å²) in [5.41, 5.74) is 2.79. The van der Waals surface area contributed by atoms with Gasteiger partial charge >= 0.3 is 0 Å². The molecule has 1 aromatic heterocycles. The summed E-state index contributed by atoms with van der Waals surface area (Å²) in [4.78, 5) is 28.1. The van der Waals surface area contributed by atoms with Gasteiger partial charge in [-0.05, 0) is 18.9 Å². The van der Waals surface area contributed by atoms with Gasteiger partial charge in [0.2, 0.25) is 5.78 Å². The maximum absolute atomic E-state index is 12.6. The van der Waals surface area contributed by atoms with Crippen molar-refractivity contribution in [2.24, 2.45) is 0 Å². The molecular weight excluding hydrogens is 333 g/mol. The highest BCUT2D eigenvalue weighted by atomic mass is 35.5. The molecule has 2 aliphatic rings. The van der Waals surface area contributed by atoms with Crippen molar-refractivity contribution in [3.63, 3.8) is 0 Å². The number of nitrogens with one attached hydrogen (secondary N) is 1. The van der Waals surface area contributed by atoms with Gasteiger partial charge in [0.25, 0.3) is 0 Å². The summed E-state index contributed by atoms with van der Waals surface area (Å²) in [7, 11) is 0. The van der Waals surface area contributed by atoms with Gasteiger partial charge in [0.1, 0.15) is 0 Å². The molecule has 1 heterocycles. The molecule has 0 radical (unpaired) electrons. The van der Waals surface area contributed by atoms with E-state index in [2.05, 4.69) is 11.9 Å². The number of halogens is 2. The van der Waals surface area contributed by atoms with Crippen LogP contribution in [0.4, 0.5) is 0 Å². The maximum atomic E-state index is 12.6. The summed E-state index contributed by atoms with van der Waals surface area (Å²) < 4.78 is 0. The number of aromatic amines is 1. The van der Waals surface area contributed by atoms with Gasteiger partial charge in [-0.25, -0.2) is 0 Å². The molecule has 0 atom stereocenters. The Bertz CT molecular complexity index is 945. The van der Waals surface area contributed by atoms with Gasteiger partial charge in [-0.3, -0.25) is 9.59 Å². The van der Waals surface area contributed by atoms with E-state index in [0.717, 1.165) is 41.1 Å². The monoisotopic (exact) mass is 345 g/mol. The summed E-state index contributed by atoms with van der Waals surface area (Å²) in [5.74, 6) is -0.824. The average Bonchev–Trinajstić information content (AvgIpc) is 3.15. The highest BCUT2D eigenvalue weighted by molar-refractivity contribution is 6.62. The molecule has 0 amide bonds. The second kappa shape index (κ2) is 4.83. The number of H-pyrrole nitrogens is 1. The normalized spacial score (nSPS) is 20.2. The Morgan fingerprint density at radius 1 is 1.13 bits per heavy atom. The summed E-state index contributed by atoms with van der Waals surface area (Å²) in [5, 5.41) is 0.734. The van der Waals surface area contributed by atoms with Crippen LogP contribution in [0.25, 0.3) is 16.5 Å². The van der Waals surface area contributed by atoms with Crippen molar-refractivity contribution in [1.82, 2.24) is 4.98 Å². The highest BCUT2D eigenvalue weighted by Gasteiger charge is 2.44. The number of hydrogen-bond donors (Lipinski definition) is 1. The minimum atomic E-state index is -0.427. The maximum Gasteiger partial charge on any atom is 0.206 e. The summed E-state index contributed by atoms with van der Waals surface area (Å²) in [6, 6.07) is 7.71. The number of Topliss-reactive ketones (excluding diaryl/α,β-unsaturated/α-hetero) is 1. The average molecular weight is 346 g/mol. The topological polar surface area (TPSA) is 49.9 Å². The van der Waals surface area contributed by atoms with Crippen molar-refractivity contribution in [2.75, 3.05) is 0 Å². The Morgan fingerprint density at radius 3 is 2.52 bits per heavy atom. The number of carbonyl (C=O) groups is 2. The van der Waals surface area contributed by atoms with Gasteiger partial charge in [0.15, 0.2) is 5.78 Å². The Morgan fingerprint density at radius 2 is 1.83 bits per heavy atom. The molecule has 2 aromatic rings. The molecule has 0 unspecified atom stereocenters. The van der Waals surface area contributed by atoms with E-state index in [1.54, 1.807) is 0 Å². The second-order valence-corrected chi connectivity index (χ2v) is 7.14. The minimum absolute atomic E-state index is 0.0184. The van der Waals surface area contributed by atoms with Crippen LogP contribution < -0.4 is 0 Å². The zero-order valence-corrected chi connectivity index (χ0v) is 13.9. The van der Waals surface area contributed by atoms with Crippen LogP contribution in [0.2, 0.25) is 0 Å². The predicted molar refractivity (Wildman–Crippen MR) is 91.6 cm³/mol. The number of carbonyl (C=O) groups excluding carboxylic acids is 2. The molecule has 4 rings (SSSR count). The Hall–Kier alpha value is -1.84. The molecule has 1 N–H and O–H groups in total. The fourth-order valence-electron chi connectivity index (χ4n) is 3.10. The number of hydrogen-bond acceptors (Lipinski definition) is 2. The van der Waals surface area contributed by atoms with Gasteiger partial charge < -0.3 is 4.98 Å². The van der Waals surface area contributed by atoms with E-state index in [9.17, 15) is 9.59 Å². The number of para-hydroxylation sites is 1. The van der Waals surface area contributed by atoms with Crippen LogP contribution in [0.3, 0.4) is 0 Å². The van der Waals surface area contributed by atoms with Crippen LogP contribution in [-0.2, 0) is 15.0 Å². The van der Waals surface area contributed by atoms with Crippen molar-refractivity contribution >= 4 is 51.2 Å². The van der Waals surface area contributed by atoms with Crippen LogP contribution in [0, 0.1) is 0 Å². The quantitative estimate of drug-likeness (QED) is 0.817. The predicted octanol–water partition coefficient (Wildman–Crippen LogP) is 4.44. The van der Waals surface area contributed by atoms with Crippen molar-refractivity contribution in [2.45, 2.75) is 25.2 Å². The fraction of sp³-hybridized carbons (Fsp3) is 0.222. The second-order valence-electron chi connectivity index (χ2n) is 6.36. The summed E-state index contributed by atoms with van der Waals surface area (Å²) in [6.45, 7) is 2.14. The van der Waals surface area contributed by atoms with Crippen LogP contribution in [-0.4, -0.2) is 16.6 Å². The molecule has 23 heavy (non-hydrogen) atoms. The minimum Gasteiger partial charge on any atom is -0.357 e.